The topological polar surface area (TPSA) is 57.2 Å². The molecule has 0 radical (unpaired) electrons. The number of rotatable bonds is 8. The Morgan fingerprint density at radius 2 is 1.88 bits per heavy atom. The minimum Gasteiger partial charge on any atom is -0.394 e. The molecule has 0 aromatic heterocycles. The van der Waals surface area contributed by atoms with E-state index in [1.165, 1.54) is 0 Å². The predicted octanol–water partition coefficient (Wildman–Crippen LogP) is -0.836. The van der Waals surface area contributed by atoms with Gasteiger partial charge in [-0.25, -0.2) is 0 Å². The van der Waals surface area contributed by atoms with Crippen LogP contribution in [0.1, 0.15) is 13.3 Å². The second-order valence-corrected chi connectivity index (χ2v) is 4.23. The highest BCUT2D eigenvalue weighted by molar-refractivity contribution is 6.11. The predicted molar refractivity (Wildman–Crippen MR) is 65.9 cm³/mol. The van der Waals surface area contributed by atoms with E-state index in [0.717, 1.165) is 6.42 Å². The Morgan fingerprint density at radius 1 is 1.18 bits per heavy atom. The largest absolute Gasteiger partial charge is 0.394 e. The average Bonchev–Trinajstić information content (AvgIpc) is 2.63. The lowest BCUT2D eigenvalue weighted by Crippen LogP contribution is -2.39. The van der Waals surface area contributed by atoms with Gasteiger partial charge in [-0.3, -0.25) is 0 Å². The maximum absolute atomic E-state index is 9.26. The first kappa shape index (κ1) is 14.9. The Labute approximate surface area is 104 Å². The summed E-state index contributed by atoms with van der Waals surface area (Å²) in [5.74, 6) is 0. The average molecular weight is 246 g/mol. The minimum atomic E-state index is -0.288. The molecule has 1 rings (SSSR count). The van der Waals surface area contributed by atoms with E-state index in [1.54, 1.807) is 7.11 Å². The van der Waals surface area contributed by atoms with Gasteiger partial charge in [-0.15, -0.1) is 0 Å². The first-order valence-corrected chi connectivity index (χ1v) is 6.23. The molecule has 17 heavy (non-hydrogen) atoms. The van der Waals surface area contributed by atoms with Crippen molar-refractivity contribution in [3.05, 3.63) is 0 Å². The molecule has 0 aliphatic carbocycles. The molecule has 1 saturated heterocycles. The van der Waals surface area contributed by atoms with E-state index in [0.29, 0.717) is 19.8 Å². The Bertz CT molecular complexity index is 204. The third-order valence-electron chi connectivity index (χ3n) is 2.83. The van der Waals surface area contributed by atoms with Gasteiger partial charge in [-0.2, -0.15) is 0 Å². The fourth-order valence-electron chi connectivity index (χ4n) is 2.01. The fourth-order valence-corrected chi connectivity index (χ4v) is 2.01. The lowest BCUT2D eigenvalue weighted by Gasteiger charge is -2.23. The highest BCUT2D eigenvalue weighted by atomic mass is 16.6. The third-order valence-corrected chi connectivity index (χ3v) is 2.83. The molecule has 0 aromatic carbocycles. The standard InChI is InChI=1S/C11H23BO5/c1-3-4-15-9-8(7-13)17-11(12)10(9)16-6-5-14-2/h8-11,13H,3-7,12H2,1-2H3. The molecule has 1 heterocycles. The molecule has 0 bridgehead atoms. The maximum atomic E-state index is 9.26. The molecule has 1 aliphatic heterocycles. The summed E-state index contributed by atoms with van der Waals surface area (Å²) in [4.78, 5) is 0. The Balaban J connectivity index is 2.49. The summed E-state index contributed by atoms with van der Waals surface area (Å²) in [5, 5.41) is 9.26. The van der Waals surface area contributed by atoms with Crippen LogP contribution >= 0.6 is 0 Å². The van der Waals surface area contributed by atoms with Crippen molar-refractivity contribution >= 4 is 7.85 Å². The van der Waals surface area contributed by atoms with E-state index in [1.807, 2.05) is 14.8 Å². The maximum Gasteiger partial charge on any atom is 0.142 e. The van der Waals surface area contributed by atoms with Gasteiger partial charge in [0.15, 0.2) is 0 Å². The van der Waals surface area contributed by atoms with Crippen LogP contribution in [-0.4, -0.2) is 70.8 Å². The molecule has 0 amide bonds. The third kappa shape index (κ3) is 4.23. The smallest absolute Gasteiger partial charge is 0.142 e. The monoisotopic (exact) mass is 246 g/mol. The van der Waals surface area contributed by atoms with Crippen molar-refractivity contribution in [3.8, 4) is 0 Å². The van der Waals surface area contributed by atoms with Crippen LogP contribution in [0.3, 0.4) is 0 Å². The molecule has 0 saturated carbocycles. The van der Waals surface area contributed by atoms with E-state index in [2.05, 4.69) is 0 Å². The van der Waals surface area contributed by atoms with Crippen LogP contribution in [0.5, 0.6) is 0 Å². The van der Waals surface area contributed by atoms with E-state index >= 15 is 0 Å². The summed E-state index contributed by atoms with van der Waals surface area (Å²) in [6.07, 6.45) is 0.332. The van der Waals surface area contributed by atoms with Gasteiger partial charge in [0.2, 0.25) is 0 Å². The van der Waals surface area contributed by atoms with Crippen molar-refractivity contribution < 1.29 is 24.1 Å². The zero-order valence-electron chi connectivity index (χ0n) is 10.9. The van der Waals surface area contributed by atoms with Crippen LogP contribution in [0.25, 0.3) is 0 Å². The van der Waals surface area contributed by atoms with Gasteiger partial charge < -0.3 is 24.1 Å². The van der Waals surface area contributed by atoms with Crippen molar-refractivity contribution in [2.24, 2.45) is 0 Å². The van der Waals surface area contributed by atoms with Crippen LogP contribution in [0.2, 0.25) is 0 Å². The highest BCUT2D eigenvalue weighted by Gasteiger charge is 2.43. The number of hydrogen-bond donors (Lipinski definition) is 1. The van der Waals surface area contributed by atoms with Gasteiger partial charge in [0.1, 0.15) is 26.2 Å². The quantitative estimate of drug-likeness (QED) is 0.447. The van der Waals surface area contributed by atoms with E-state index < -0.39 is 0 Å². The highest BCUT2D eigenvalue weighted by Crippen LogP contribution is 2.25. The zero-order chi connectivity index (χ0) is 12.7. The lowest BCUT2D eigenvalue weighted by molar-refractivity contribution is -0.0769. The molecule has 6 heteroatoms. The van der Waals surface area contributed by atoms with Gasteiger partial charge in [0.25, 0.3) is 0 Å². The number of aliphatic hydroxyl groups excluding tert-OH is 1. The molecule has 5 nitrogen and oxygen atoms in total. The van der Waals surface area contributed by atoms with Crippen molar-refractivity contribution in [2.45, 2.75) is 37.7 Å². The number of ether oxygens (including phenoxy) is 4. The second kappa shape index (κ2) is 8.05. The van der Waals surface area contributed by atoms with Crippen LogP contribution in [-0.2, 0) is 18.9 Å². The zero-order valence-corrected chi connectivity index (χ0v) is 10.9. The molecule has 1 fully saturated rings. The number of hydrogen-bond acceptors (Lipinski definition) is 5. The van der Waals surface area contributed by atoms with Crippen LogP contribution < -0.4 is 0 Å². The SMILES string of the molecule is BC1OC(CO)C(OCCC)C1OCCOC. The molecule has 1 aliphatic rings. The molecule has 4 unspecified atom stereocenters. The van der Waals surface area contributed by atoms with Crippen LogP contribution in [0.15, 0.2) is 0 Å². The Hall–Kier alpha value is -0.135. The van der Waals surface area contributed by atoms with Gasteiger partial charge >= 0.3 is 0 Å². The van der Waals surface area contributed by atoms with Gasteiger partial charge in [0.05, 0.1) is 25.8 Å². The molecule has 0 spiro atoms. The summed E-state index contributed by atoms with van der Waals surface area (Å²) in [5.41, 5.74) is 0. The molecular weight excluding hydrogens is 223 g/mol. The van der Waals surface area contributed by atoms with Gasteiger partial charge in [0, 0.05) is 13.7 Å². The summed E-state index contributed by atoms with van der Waals surface area (Å²) in [6, 6.07) is -0.0640. The fraction of sp³-hybridized carbons (Fsp3) is 1.00. The van der Waals surface area contributed by atoms with E-state index in [4.69, 9.17) is 18.9 Å². The van der Waals surface area contributed by atoms with Crippen molar-refractivity contribution in [2.75, 3.05) is 33.5 Å². The number of aliphatic hydroxyl groups is 1. The molecule has 1 N–H and O–H groups in total. The molecule has 100 valence electrons. The summed E-state index contributed by atoms with van der Waals surface area (Å²) >= 11 is 0. The first-order valence-electron chi connectivity index (χ1n) is 6.23. The minimum absolute atomic E-state index is 0.0388. The molecule has 0 aromatic rings. The second-order valence-electron chi connectivity index (χ2n) is 4.23. The summed E-state index contributed by atoms with van der Waals surface area (Å²) < 4.78 is 22.0. The van der Waals surface area contributed by atoms with Crippen molar-refractivity contribution in [1.29, 1.82) is 0 Å². The number of methoxy groups -OCH3 is 1. The normalized spacial score (nSPS) is 33.1. The van der Waals surface area contributed by atoms with E-state index in [-0.39, 0.29) is 30.9 Å². The Morgan fingerprint density at radius 3 is 2.47 bits per heavy atom. The first-order chi connectivity index (χ1) is 8.24. The van der Waals surface area contributed by atoms with Crippen LogP contribution in [0, 0.1) is 0 Å². The van der Waals surface area contributed by atoms with Gasteiger partial charge in [-0.05, 0) is 6.42 Å². The van der Waals surface area contributed by atoms with Crippen molar-refractivity contribution in [3.63, 3.8) is 0 Å². The molecular formula is C11H23BO5. The summed E-state index contributed by atoms with van der Waals surface area (Å²) in [6.45, 7) is 3.73. The summed E-state index contributed by atoms with van der Waals surface area (Å²) in [7, 11) is 3.58. The lowest BCUT2D eigenvalue weighted by atomic mass is 9.92. The van der Waals surface area contributed by atoms with Crippen molar-refractivity contribution in [1.82, 2.24) is 0 Å². The van der Waals surface area contributed by atoms with E-state index in [9.17, 15) is 5.11 Å². The van der Waals surface area contributed by atoms with Gasteiger partial charge in [-0.1, -0.05) is 6.92 Å². The molecule has 4 atom stereocenters. The Kier molecular flexibility index (Phi) is 7.07. The van der Waals surface area contributed by atoms with Crippen LogP contribution in [0.4, 0.5) is 0 Å².